The molecule has 4 aromatic rings. The summed E-state index contributed by atoms with van der Waals surface area (Å²) < 4.78 is 0. The van der Waals surface area contributed by atoms with E-state index in [-0.39, 0.29) is 22.4 Å². The van der Waals surface area contributed by atoms with Crippen LogP contribution in [0.5, 0.6) is 0 Å². The smallest absolute Gasteiger partial charge is 0 e. The van der Waals surface area contributed by atoms with E-state index in [1.165, 1.54) is 0 Å². The van der Waals surface area contributed by atoms with Crippen molar-refractivity contribution >= 4 is 22.1 Å². The SMILES string of the molecule is [Au].c1ccc2[n-]nnc2c1.c1ccc2[n-]nnc2c1. The van der Waals surface area contributed by atoms with E-state index in [4.69, 9.17) is 0 Å². The van der Waals surface area contributed by atoms with Crippen LogP contribution in [0.3, 0.4) is 0 Å². The molecule has 4 rings (SSSR count). The molecule has 0 aliphatic rings. The molecule has 0 bridgehead atoms. The molecule has 19 heavy (non-hydrogen) atoms. The van der Waals surface area contributed by atoms with Crippen LogP contribution < -0.4 is 10.2 Å². The maximum Gasteiger partial charge on any atom is 0 e. The monoisotopic (exact) mass is 433 g/mol. The molecule has 0 saturated heterocycles. The third kappa shape index (κ3) is 3.05. The predicted molar refractivity (Wildman–Crippen MR) is 65.7 cm³/mol. The van der Waals surface area contributed by atoms with Crippen LogP contribution in [-0.2, 0) is 22.4 Å². The maximum absolute atomic E-state index is 3.76. The van der Waals surface area contributed by atoms with Gasteiger partial charge in [-0.25, -0.2) is 0 Å². The number of aromatic nitrogens is 6. The number of hydrogen-bond donors (Lipinski definition) is 0. The molecule has 1 radical (unpaired) electrons. The van der Waals surface area contributed by atoms with Crippen molar-refractivity contribution in [1.29, 1.82) is 0 Å². The molecule has 0 spiro atoms. The molecule has 0 aliphatic carbocycles. The Morgan fingerprint density at radius 3 is 1.47 bits per heavy atom. The zero-order valence-electron chi connectivity index (χ0n) is 9.60. The van der Waals surface area contributed by atoms with Crippen molar-refractivity contribution in [3.63, 3.8) is 0 Å². The zero-order valence-corrected chi connectivity index (χ0v) is 11.8. The molecule has 99 valence electrons. The molecule has 0 unspecified atom stereocenters. The first-order valence-corrected chi connectivity index (χ1v) is 5.35. The van der Waals surface area contributed by atoms with Crippen LogP contribution >= 0.6 is 0 Å². The Morgan fingerprint density at radius 1 is 0.632 bits per heavy atom. The number of rotatable bonds is 0. The Labute approximate surface area is 124 Å². The summed E-state index contributed by atoms with van der Waals surface area (Å²) >= 11 is 0. The van der Waals surface area contributed by atoms with Crippen molar-refractivity contribution in [1.82, 2.24) is 30.8 Å². The zero-order chi connectivity index (χ0) is 12.2. The largest absolute Gasteiger partial charge is 0.350 e. The van der Waals surface area contributed by atoms with Crippen molar-refractivity contribution in [3.8, 4) is 0 Å². The summed E-state index contributed by atoms with van der Waals surface area (Å²) in [5, 5.41) is 22.0. The molecule has 2 heterocycles. The first-order chi connectivity index (χ1) is 8.93. The van der Waals surface area contributed by atoms with E-state index in [9.17, 15) is 0 Å². The van der Waals surface area contributed by atoms with Gasteiger partial charge in [0.1, 0.15) is 0 Å². The van der Waals surface area contributed by atoms with Gasteiger partial charge in [-0.15, -0.1) is 0 Å². The van der Waals surface area contributed by atoms with Gasteiger partial charge >= 0.3 is 0 Å². The molecule has 2 aromatic carbocycles. The minimum atomic E-state index is 0. The van der Waals surface area contributed by atoms with E-state index in [2.05, 4.69) is 30.8 Å². The van der Waals surface area contributed by atoms with Crippen LogP contribution in [0.2, 0.25) is 0 Å². The molecule has 2 aromatic heterocycles. The van der Waals surface area contributed by atoms with Gasteiger partial charge in [0.25, 0.3) is 0 Å². The molecular weight excluding hydrogens is 425 g/mol. The average molecular weight is 433 g/mol. The number of hydrogen-bond acceptors (Lipinski definition) is 4. The third-order valence-corrected chi connectivity index (χ3v) is 2.37. The molecule has 0 atom stereocenters. The Balaban J connectivity index is 0.000000133. The predicted octanol–water partition coefficient (Wildman–Crippen LogP) is 1.17. The fourth-order valence-electron chi connectivity index (χ4n) is 1.50. The summed E-state index contributed by atoms with van der Waals surface area (Å²) in [7, 11) is 0. The van der Waals surface area contributed by atoms with Crippen molar-refractivity contribution in [2.24, 2.45) is 0 Å². The van der Waals surface area contributed by atoms with E-state index >= 15 is 0 Å². The molecule has 6 nitrogen and oxygen atoms in total. The molecule has 7 heteroatoms. The van der Waals surface area contributed by atoms with Crippen molar-refractivity contribution in [2.75, 3.05) is 0 Å². The second-order valence-electron chi connectivity index (χ2n) is 3.56. The first-order valence-electron chi connectivity index (χ1n) is 5.35. The van der Waals surface area contributed by atoms with E-state index in [0.717, 1.165) is 22.1 Å². The van der Waals surface area contributed by atoms with Gasteiger partial charge < -0.3 is 20.4 Å². The van der Waals surface area contributed by atoms with Gasteiger partial charge in [-0.2, -0.15) is 0 Å². The summed E-state index contributed by atoms with van der Waals surface area (Å²) in [5.41, 5.74) is 3.44. The molecule has 0 N–H and O–H groups in total. The van der Waals surface area contributed by atoms with Gasteiger partial charge in [0.2, 0.25) is 0 Å². The number of nitrogens with zero attached hydrogens (tertiary/aromatic N) is 6. The van der Waals surface area contributed by atoms with E-state index in [1.54, 1.807) is 0 Å². The van der Waals surface area contributed by atoms with E-state index < -0.39 is 0 Å². The minimum absolute atomic E-state index is 0. The molecule has 0 aliphatic heterocycles. The summed E-state index contributed by atoms with van der Waals surface area (Å²) in [6.45, 7) is 0. The van der Waals surface area contributed by atoms with Gasteiger partial charge in [-0.3, -0.25) is 10.4 Å². The molecular formula is C12H8AuN6-2. The Hall–Kier alpha value is -2.02. The van der Waals surface area contributed by atoms with Crippen LogP contribution in [0.4, 0.5) is 0 Å². The summed E-state index contributed by atoms with van der Waals surface area (Å²) in [4.78, 5) is 0. The normalized spacial score (nSPS) is 9.68. The second kappa shape index (κ2) is 6.24. The Morgan fingerprint density at radius 2 is 1.05 bits per heavy atom. The maximum atomic E-state index is 3.76. The average Bonchev–Trinajstić information content (AvgIpc) is 3.08. The van der Waals surface area contributed by atoms with Gasteiger partial charge in [0, 0.05) is 22.4 Å². The van der Waals surface area contributed by atoms with Crippen LogP contribution in [-0.4, -0.2) is 20.6 Å². The standard InChI is InChI=1S/2C6H4N3.Au/c2*1-2-4-6-5(3-1)7-9-8-6;/h2*1-4H;/q2*-1;. The van der Waals surface area contributed by atoms with Gasteiger partial charge in [-0.1, -0.05) is 48.5 Å². The van der Waals surface area contributed by atoms with Gasteiger partial charge in [0.05, 0.1) is 0 Å². The quantitative estimate of drug-likeness (QED) is 0.388. The molecule has 0 fully saturated rings. The van der Waals surface area contributed by atoms with Crippen LogP contribution in [0.1, 0.15) is 0 Å². The minimum Gasteiger partial charge on any atom is -0.350 e. The number of benzene rings is 2. The van der Waals surface area contributed by atoms with E-state index in [1.807, 2.05) is 48.5 Å². The van der Waals surface area contributed by atoms with E-state index in [0.29, 0.717) is 0 Å². The topological polar surface area (TPSA) is 79.8 Å². The Bertz CT molecular complexity index is 636. The summed E-state index contributed by atoms with van der Waals surface area (Å²) in [5.74, 6) is 0. The second-order valence-corrected chi connectivity index (χ2v) is 3.56. The fourth-order valence-corrected chi connectivity index (χ4v) is 1.50. The van der Waals surface area contributed by atoms with Crippen molar-refractivity contribution < 1.29 is 22.4 Å². The van der Waals surface area contributed by atoms with Gasteiger partial charge in [0.15, 0.2) is 0 Å². The van der Waals surface area contributed by atoms with Crippen molar-refractivity contribution in [3.05, 3.63) is 48.5 Å². The van der Waals surface area contributed by atoms with Gasteiger partial charge in [-0.05, 0) is 22.1 Å². The first kappa shape index (κ1) is 13.4. The molecule has 0 amide bonds. The van der Waals surface area contributed by atoms with Crippen LogP contribution in [0.15, 0.2) is 48.5 Å². The van der Waals surface area contributed by atoms with Crippen molar-refractivity contribution in [2.45, 2.75) is 0 Å². The fraction of sp³-hybridized carbons (Fsp3) is 0. The van der Waals surface area contributed by atoms with Crippen LogP contribution in [0.25, 0.3) is 22.1 Å². The summed E-state index contributed by atoms with van der Waals surface area (Å²) in [6, 6.07) is 15.2. The molecule has 0 saturated carbocycles. The number of fused-ring (bicyclic) bond motifs is 2. The summed E-state index contributed by atoms with van der Waals surface area (Å²) in [6.07, 6.45) is 0. The third-order valence-electron chi connectivity index (χ3n) is 2.37. The van der Waals surface area contributed by atoms with Crippen LogP contribution in [0, 0.1) is 0 Å². The Kier molecular flexibility index (Phi) is 4.40.